The first-order valence-corrected chi connectivity index (χ1v) is 9.11. The molecule has 6 nitrogen and oxygen atoms in total. The van der Waals surface area contributed by atoms with Crippen LogP contribution in [-0.2, 0) is 11.2 Å². The van der Waals surface area contributed by atoms with Crippen molar-refractivity contribution >= 4 is 50.7 Å². The van der Waals surface area contributed by atoms with Crippen molar-refractivity contribution in [3.8, 4) is 6.07 Å². The zero-order valence-corrected chi connectivity index (χ0v) is 15.0. The number of nitriles is 1. The molecule has 1 atom stereocenters. The molecule has 0 saturated carbocycles. The molecule has 2 N–H and O–H groups in total. The normalized spacial score (nSPS) is 16.4. The first-order valence-electron chi connectivity index (χ1n) is 7.92. The number of hydrogen-bond acceptors (Lipinski definition) is 4. The number of benzene rings is 1. The SMILES string of the molecule is N#CCN1C(=O)C(NC(=O)c2cc3cc(Cl)sc3[nH]2)Cc2ccccc21. The van der Waals surface area contributed by atoms with Crippen molar-refractivity contribution < 1.29 is 9.59 Å². The first kappa shape index (κ1) is 16.6. The third-order valence-corrected chi connectivity index (χ3v) is 5.52. The molecule has 130 valence electrons. The fourth-order valence-electron chi connectivity index (χ4n) is 3.16. The number of hydrogen-bond donors (Lipinski definition) is 2. The Balaban J connectivity index is 1.59. The Morgan fingerprint density at radius 1 is 1.42 bits per heavy atom. The number of nitrogens with zero attached hydrogens (tertiary/aromatic N) is 2. The second-order valence-corrected chi connectivity index (χ2v) is 7.64. The van der Waals surface area contributed by atoms with Crippen molar-refractivity contribution in [2.75, 3.05) is 11.4 Å². The lowest BCUT2D eigenvalue weighted by atomic mass is 9.97. The van der Waals surface area contributed by atoms with Gasteiger partial charge in [-0.25, -0.2) is 0 Å². The van der Waals surface area contributed by atoms with Crippen molar-refractivity contribution in [1.29, 1.82) is 5.26 Å². The second kappa shape index (κ2) is 6.48. The Kier molecular flexibility index (Phi) is 4.15. The Morgan fingerprint density at radius 2 is 2.23 bits per heavy atom. The van der Waals surface area contributed by atoms with Crippen LogP contribution in [0.25, 0.3) is 10.2 Å². The van der Waals surface area contributed by atoms with Crippen LogP contribution in [0.1, 0.15) is 16.1 Å². The van der Waals surface area contributed by atoms with Crippen molar-refractivity contribution in [2.24, 2.45) is 0 Å². The number of anilines is 1. The quantitative estimate of drug-likeness (QED) is 0.680. The van der Waals surface area contributed by atoms with Crippen molar-refractivity contribution in [1.82, 2.24) is 10.3 Å². The van der Waals surface area contributed by atoms with Crippen LogP contribution in [0, 0.1) is 11.3 Å². The number of H-pyrrole nitrogens is 1. The molecule has 8 heteroatoms. The van der Waals surface area contributed by atoms with Crippen molar-refractivity contribution in [3.63, 3.8) is 0 Å². The fraction of sp³-hybridized carbons (Fsp3) is 0.167. The van der Waals surface area contributed by atoms with Crippen LogP contribution in [0.3, 0.4) is 0 Å². The van der Waals surface area contributed by atoms with Gasteiger partial charge in [0.15, 0.2) is 0 Å². The van der Waals surface area contributed by atoms with E-state index in [2.05, 4.69) is 10.3 Å². The summed E-state index contributed by atoms with van der Waals surface area (Å²) < 4.78 is 0.643. The highest BCUT2D eigenvalue weighted by atomic mass is 35.5. The molecular formula is C18H13ClN4O2S. The highest BCUT2D eigenvalue weighted by molar-refractivity contribution is 7.22. The molecule has 26 heavy (non-hydrogen) atoms. The number of carbonyl (C=O) groups is 2. The summed E-state index contributed by atoms with van der Waals surface area (Å²) in [6.45, 7) is -0.0566. The molecule has 2 aromatic heterocycles. The lowest BCUT2D eigenvalue weighted by molar-refractivity contribution is -0.120. The zero-order valence-electron chi connectivity index (χ0n) is 13.5. The van der Waals surface area contributed by atoms with Crippen LogP contribution in [0.5, 0.6) is 0 Å². The van der Waals surface area contributed by atoms with E-state index in [1.54, 1.807) is 12.1 Å². The fourth-order valence-corrected chi connectivity index (χ4v) is 4.28. The first-order chi connectivity index (χ1) is 12.6. The third-order valence-electron chi connectivity index (χ3n) is 4.33. The lowest BCUT2D eigenvalue weighted by Gasteiger charge is -2.32. The van der Waals surface area contributed by atoms with Gasteiger partial charge in [0.1, 0.15) is 23.1 Å². The van der Waals surface area contributed by atoms with Gasteiger partial charge in [0, 0.05) is 17.5 Å². The van der Waals surface area contributed by atoms with E-state index in [1.807, 2.05) is 30.3 Å². The highest BCUT2D eigenvalue weighted by Crippen LogP contribution is 2.30. The summed E-state index contributed by atoms with van der Waals surface area (Å²) in [4.78, 5) is 30.6. The number of carbonyl (C=O) groups excluding carboxylic acids is 2. The van der Waals surface area contributed by atoms with Gasteiger partial charge in [-0.2, -0.15) is 5.26 Å². The number of nitrogens with one attached hydrogen (secondary N) is 2. The lowest BCUT2D eigenvalue weighted by Crippen LogP contribution is -2.53. The summed E-state index contributed by atoms with van der Waals surface area (Å²) in [6.07, 6.45) is 0.392. The minimum absolute atomic E-state index is 0.0566. The van der Waals surface area contributed by atoms with E-state index in [9.17, 15) is 9.59 Å². The molecule has 0 bridgehead atoms. The standard InChI is InChI=1S/C18H13ClN4O2S/c19-15-9-11-8-12(22-17(11)26-15)16(24)21-13-7-10-3-1-2-4-14(10)23(6-5-20)18(13)25/h1-4,8-9,13,22H,6-7H2,(H,21,24). The van der Waals surface area contributed by atoms with Gasteiger partial charge in [0.05, 0.1) is 10.4 Å². The van der Waals surface area contributed by atoms with Gasteiger partial charge in [-0.05, 0) is 23.8 Å². The van der Waals surface area contributed by atoms with E-state index in [-0.39, 0.29) is 18.4 Å². The number of amides is 2. The molecule has 0 fully saturated rings. The van der Waals surface area contributed by atoms with Crippen molar-refractivity contribution in [2.45, 2.75) is 12.5 Å². The van der Waals surface area contributed by atoms with Crippen LogP contribution in [0.4, 0.5) is 5.69 Å². The molecule has 3 aromatic rings. The van der Waals surface area contributed by atoms with Gasteiger partial charge >= 0.3 is 0 Å². The molecule has 0 saturated heterocycles. The van der Waals surface area contributed by atoms with E-state index < -0.39 is 6.04 Å². The molecular weight excluding hydrogens is 372 g/mol. The highest BCUT2D eigenvalue weighted by Gasteiger charge is 2.33. The molecule has 1 aromatic carbocycles. The summed E-state index contributed by atoms with van der Waals surface area (Å²) in [5.41, 5.74) is 2.02. The molecule has 1 unspecified atom stereocenters. The average molecular weight is 385 g/mol. The van der Waals surface area contributed by atoms with Gasteiger partial charge < -0.3 is 10.3 Å². The zero-order chi connectivity index (χ0) is 18.3. The van der Waals surface area contributed by atoms with Gasteiger partial charge in [-0.3, -0.25) is 14.5 Å². The summed E-state index contributed by atoms with van der Waals surface area (Å²) in [6, 6.07) is 12.2. The Morgan fingerprint density at radius 3 is 3.00 bits per heavy atom. The number of rotatable bonds is 3. The topological polar surface area (TPSA) is 89.0 Å². The molecule has 0 aliphatic carbocycles. The van der Waals surface area contributed by atoms with E-state index >= 15 is 0 Å². The second-order valence-electron chi connectivity index (χ2n) is 5.96. The van der Waals surface area contributed by atoms with Gasteiger partial charge in [0.2, 0.25) is 0 Å². The Hall–Kier alpha value is -2.82. The predicted molar refractivity (Wildman–Crippen MR) is 101 cm³/mol. The van der Waals surface area contributed by atoms with Gasteiger partial charge in [0.25, 0.3) is 11.8 Å². The molecule has 4 rings (SSSR count). The maximum absolute atomic E-state index is 12.7. The van der Waals surface area contributed by atoms with Crippen LogP contribution in [0.15, 0.2) is 36.4 Å². The summed E-state index contributed by atoms with van der Waals surface area (Å²) in [5.74, 6) is -0.644. The third kappa shape index (κ3) is 2.83. The molecule has 1 aliphatic heterocycles. The molecule has 2 amide bonds. The van der Waals surface area contributed by atoms with Crippen LogP contribution < -0.4 is 10.2 Å². The van der Waals surface area contributed by atoms with Crippen LogP contribution in [0.2, 0.25) is 4.34 Å². The largest absolute Gasteiger partial charge is 0.342 e. The average Bonchev–Trinajstić information content (AvgIpc) is 3.16. The summed E-state index contributed by atoms with van der Waals surface area (Å²) in [7, 11) is 0. The maximum atomic E-state index is 12.7. The predicted octanol–water partition coefficient (Wildman–Crippen LogP) is 3.09. The Bertz CT molecular complexity index is 1030. The van der Waals surface area contributed by atoms with Crippen LogP contribution >= 0.6 is 22.9 Å². The molecule has 0 spiro atoms. The maximum Gasteiger partial charge on any atom is 0.268 e. The summed E-state index contributed by atoms with van der Waals surface area (Å²) >= 11 is 7.30. The monoisotopic (exact) mass is 384 g/mol. The number of halogens is 1. The minimum Gasteiger partial charge on any atom is -0.342 e. The molecule has 1 aliphatic rings. The number of para-hydroxylation sites is 1. The minimum atomic E-state index is -0.712. The van der Waals surface area contributed by atoms with Gasteiger partial charge in [-0.15, -0.1) is 11.3 Å². The van der Waals surface area contributed by atoms with E-state index in [4.69, 9.17) is 16.9 Å². The van der Waals surface area contributed by atoms with Crippen LogP contribution in [-0.4, -0.2) is 29.4 Å². The summed E-state index contributed by atoms with van der Waals surface area (Å²) in [5, 5.41) is 12.7. The molecule has 3 heterocycles. The van der Waals surface area contributed by atoms with Crippen molar-refractivity contribution in [3.05, 3.63) is 52.0 Å². The number of aromatic amines is 1. The number of fused-ring (bicyclic) bond motifs is 2. The molecule has 0 radical (unpaired) electrons. The smallest absolute Gasteiger partial charge is 0.268 e. The number of thiophene rings is 1. The Labute approximate surface area is 158 Å². The number of aromatic nitrogens is 1. The van der Waals surface area contributed by atoms with E-state index in [0.29, 0.717) is 16.5 Å². The van der Waals surface area contributed by atoms with E-state index in [0.717, 1.165) is 21.5 Å². The van der Waals surface area contributed by atoms with Gasteiger partial charge in [-0.1, -0.05) is 29.8 Å². The van der Waals surface area contributed by atoms with E-state index in [1.165, 1.54) is 16.2 Å².